The molecule has 114 valence electrons. The number of hydrogen-bond donors (Lipinski definition) is 3. The van der Waals surface area contributed by atoms with E-state index in [9.17, 15) is 14.4 Å². The van der Waals surface area contributed by atoms with Gasteiger partial charge in [0.1, 0.15) is 11.4 Å². The van der Waals surface area contributed by atoms with E-state index in [0.717, 1.165) is 5.56 Å². The summed E-state index contributed by atoms with van der Waals surface area (Å²) in [6.07, 6.45) is 2.74. The summed E-state index contributed by atoms with van der Waals surface area (Å²) in [6, 6.07) is 8.39. The highest BCUT2D eigenvalue weighted by Gasteiger charge is 2.15. The number of anilines is 1. The predicted octanol–water partition coefficient (Wildman–Crippen LogP) is 0.638. The maximum absolute atomic E-state index is 11.8. The minimum absolute atomic E-state index is 0.0138. The van der Waals surface area contributed by atoms with Gasteiger partial charge in [-0.1, -0.05) is 18.2 Å². The van der Waals surface area contributed by atoms with Crippen LogP contribution < -0.4 is 20.8 Å². The molecule has 1 aromatic carbocycles. The third-order valence-corrected chi connectivity index (χ3v) is 2.91. The normalized spacial score (nSPS) is 9.86. The van der Waals surface area contributed by atoms with Crippen molar-refractivity contribution in [1.82, 2.24) is 10.3 Å². The third-order valence-electron chi connectivity index (χ3n) is 2.91. The molecule has 7 nitrogen and oxygen atoms in total. The van der Waals surface area contributed by atoms with Crippen molar-refractivity contribution in [3.63, 3.8) is 0 Å². The lowest BCUT2D eigenvalue weighted by Gasteiger charge is -2.09. The standard InChI is InChI=1S/C15H15N3O4/c1-22-13-5-3-2-4-10(13)8-17-14(20)15(21)18-11-9-16-7-6-12(11)19/h2-7,9H,8H2,1H3,(H,16,19)(H,17,20)(H,18,21). The van der Waals surface area contributed by atoms with Crippen LogP contribution in [0.3, 0.4) is 0 Å². The fourth-order valence-electron chi connectivity index (χ4n) is 1.80. The summed E-state index contributed by atoms with van der Waals surface area (Å²) in [5.41, 5.74) is 0.369. The Balaban J connectivity index is 1.96. The van der Waals surface area contributed by atoms with Crippen LogP contribution in [0, 0.1) is 0 Å². The largest absolute Gasteiger partial charge is 0.496 e. The van der Waals surface area contributed by atoms with Crippen LogP contribution >= 0.6 is 0 Å². The van der Waals surface area contributed by atoms with E-state index in [1.165, 1.54) is 25.6 Å². The molecule has 0 aliphatic rings. The molecular formula is C15H15N3O4. The maximum atomic E-state index is 11.8. The van der Waals surface area contributed by atoms with Gasteiger partial charge in [-0.25, -0.2) is 0 Å². The molecule has 0 bridgehead atoms. The Bertz CT molecular complexity index is 739. The number of rotatable bonds is 4. The van der Waals surface area contributed by atoms with Crippen LogP contribution in [0.4, 0.5) is 5.69 Å². The number of methoxy groups -OCH3 is 1. The number of H-pyrrole nitrogens is 1. The summed E-state index contributed by atoms with van der Waals surface area (Å²) in [5.74, 6) is -1.14. The molecule has 1 heterocycles. The monoisotopic (exact) mass is 301 g/mol. The van der Waals surface area contributed by atoms with E-state index in [4.69, 9.17) is 4.74 Å². The number of para-hydroxylation sites is 1. The molecule has 0 saturated carbocycles. The quantitative estimate of drug-likeness (QED) is 0.721. The van der Waals surface area contributed by atoms with Crippen LogP contribution in [-0.2, 0) is 16.1 Å². The first kappa shape index (κ1) is 15.3. The van der Waals surface area contributed by atoms with E-state index >= 15 is 0 Å². The van der Waals surface area contributed by atoms with Gasteiger partial charge in [-0.05, 0) is 6.07 Å². The van der Waals surface area contributed by atoms with Crippen molar-refractivity contribution >= 4 is 17.5 Å². The second-order valence-electron chi connectivity index (χ2n) is 4.37. The highest BCUT2D eigenvalue weighted by Crippen LogP contribution is 2.16. The van der Waals surface area contributed by atoms with Crippen molar-refractivity contribution in [3.05, 3.63) is 58.5 Å². The average Bonchev–Trinajstić information content (AvgIpc) is 2.54. The zero-order chi connectivity index (χ0) is 15.9. The SMILES string of the molecule is COc1ccccc1CNC(=O)C(=O)Nc1c[nH]ccc1=O. The first-order chi connectivity index (χ1) is 10.6. The summed E-state index contributed by atoms with van der Waals surface area (Å²) < 4.78 is 5.15. The second-order valence-corrected chi connectivity index (χ2v) is 4.37. The molecule has 3 N–H and O–H groups in total. The summed E-state index contributed by atoms with van der Waals surface area (Å²) in [5, 5.41) is 4.72. The van der Waals surface area contributed by atoms with Crippen LogP contribution in [-0.4, -0.2) is 23.9 Å². The molecule has 7 heteroatoms. The zero-order valence-corrected chi connectivity index (χ0v) is 11.9. The first-order valence-electron chi connectivity index (χ1n) is 6.50. The highest BCUT2D eigenvalue weighted by atomic mass is 16.5. The Morgan fingerprint density at radius 2 is 1.95 bits per heavy atom. The molecule has 0 unspecified atom stereocenters. The topological polar surface area (TPSA) is 100 Å². The average molecular weight is 301 g/mol. The van der Waals surface area contributed by atoms with Crippen molar-refractivity contribution in [2.45, 2.75) is 6.54 Å². The fraction of sp³-hybridized carbons (Fsp3) is 0.133. The van der Waals surface area contributed by atoms with Gasteiger partial charge in [0, 0.05) is 30.6 Å². The van der Waals surface area contributed by atoms with Crippen LogP contribution in [0.2, 0.25) is 0 Å². The lowest BCUT2D eigenvalue weighted by atomic mass is 10.2. The van der Waals surface area contributed by atoms with Gasteiger partial charge in [0.25, 0.3) is 0 Å². The van der Waals surface area contributed by atoms with Crippen LogP contribution in [0.1, 0.15) is 5.56 Å². The van der Waals surface area contributed by atoms with Gasteiger partial charge in [-0.2, -0.15) is 0 Å². The van der Waals surface area contributed by atoms with Crippen LogP contribution in [0.25, 0.3) is 0 Å². The molecular weight excluding hydrogens is 286 g/mol. The smallest absolute Gasteiger partial charge is 0.313 e. The minimum atomic E-state index is -0.911. The number of nitrogens with one attached hydrogen (secondary N) is 3. The number of aromatic amines is 1. The van der Waals surface area contributed by atoms with E-state index < -0.39 is 11.8 Å². The Hall–Kier alpha value is -3.09. The highest BCUT2D eigenvalue weighted by molar-refractivity contribution is 6.39. The summed E-state index contributed by atoms with van der Waals surface area (Å²) in [7, 11) is 1.52. The summed E-state index contributed by atoms with van der Waals surface area (Å²) in [6.45, 7) is 0.140. The fourth-order valence-corrected chi connectivity index (χ4v) is 1.80. The zero-order valence-electron chi connectivity index (χ0n) is 11.9. The van der Waals surface area contributed by atoms with Gasteiger partial charge < -0.3 is 20.4 Å². The van der Waals surface area contributed by atoms with Crippen molar-refractivity contribution in [2.75, 3.05) is 12.4 Å². The van der Waals surface area contributed by atoms with E-state index in [1.807, 2.05) is 0 Å². The Morgan fingerprint density at radius 3 is 2.68 bits per heavy atom. The number of amides is 2. The molecule has 0 aliphatic heterocycles. The van der Waals surface area contributed by atoms with Gasteiger partial charge in [-0.15, -0.1) is 0 Å². The van der Waals surface area contributed by atoms with Gasteiger partial charge >= 0.3 is 11.8 Å². The van der Waals surface area contributed by atoms with Gasteiger partial charge in [0.15, 0.2) is 0 Å². The Morgan fingerprint density at radius 1 is 1.18 bits per heavy atom. The van der Waals surface area contributed by atoms with Crippen LogP contribution in [0.5, 0.6) is 5.75 Å². The maximum Gasteiger partial charge on any atom is 0.313 e. The number of benzene rings is 1. The molecule has 2 aromatic rings. The van der Waals surface area contributed by atoms with Crippen molar-refractivity contribution in [1.29, 1.82) is 0 Å². The predicted molar refractivity (Wildman–Crippen MR) is 80.5 cm³/mol. The molecule has 0 aliphatic carbocycles. The molecule has 22 heavy (non-hydrogen) atoms. The number of hydrogen-bond acceptors (Lipinski definition) is 4. The number of ether oxygens (including phenoxy) is 1. The van der Waals surface area contributed by atoms with Crippen molar-refractivity contribution in [2.24, 2.45) is 0 Å². The third kappa shape index (κ3) is 3.72. The molecule has 0 saturated heterocycles. The van der Waals surface area contributed by atoms with E-state index in [-0.39, 0.29) is 17.7 Å². The summed E-state index contributed by atoms with van der Waals surface area (Å²) >= 11 is 0. The molecule has 1 aromatic heterocycles. The minimum Gasteiger partial charge on any atom is -0.496 e. The van der Waals surface area contributed by atoms with Crippen molar-refractivity contribution < 1.29 is 14.3 Å². The van der Waals surface area contributed by atoms with Crippen molar-refractivity contribution in [3.8, 4) is 5.75 Å². The molecule has 0 spiro atoms. The number of aromatic nitrogens is 1. The van der Waals surface area contributed by atoms with Gasteiger partial charge in [0.2, 0.25) is 5.43 Å². The molecule has 2 amide bonds. The van der Waals surface area contributed by atoms with E-state index in [2.05, 4.69) is 15.6 Å². The lowest BCUT2D eigenvalue weighted by molar-refractivity contribution is -0.136. The molecule has 0 radical (unpaired) electrons. The van der Waals surface area contributed by atoms with E-state index in [1.54, 1.807) is 24.3 Å². The molecule has 0 fully saturated rings. The van der Waals surface area contributed by atoms with Crippen LogP contribution in [0.15, 0.2) is 47.5 Å². The number of carbonyl (C=O) groups excluding carboxylic acids is 2. The van der Waals surface area contributed by atoms with Gasteiger partial charge in [-0.3, -0.25) is 14.4 Å². The lowest BCUT2D eigenvalue weighted by Crippen LogP contribution is -2.36. The summed E-state index contributed by atoms with van der Waals surface area (Å²) in [4.78, 5) is 37.6. The Kier molecular flexibility index (Phi) is 4.92. The second kappa shape index (κ2) is 7.07. The number of carbonyl (C=O) groups is 2. The first-order valence-corrected chi connectivity index (χ1v) is 6.50. The molecule has 2 rings (SSSR count). The van der Waals surface area contributed by atoms with E-state index in [0.29, 0.717) is 5.75 Å². The molecule has 0 atom stereocenters. The van der Waals surface area contributed by atoms with Gasteiger partial charge in [0.05, 0.1) is 7.11 Å². The number of pyridine rings is 1. The Labute approximate surface area is 126 Å².